The third kappa shape index (κ3) is 7.37. The fraction of sp³-hybridized carbons (Fsp3) is 0.727. The summed E-state index contributed by atoms with van der Waals surface area (Å²) in [6.07, 6.45) is -2.17. The summed E-state index contributed by atoms with van der Waals surface area (Å²) >= 11 is 0. The first kappa shape index (κ1) is 17.3. The van der Waals surface area contributed by atoms with Crippen LogP contribution in [0, 0.1) is 0 Å². The highest BCUT2D eigenvalue weighted by molar-refractivity contribution is 5.88. The number of carbonyl (C=O) groups excluding carboxylic acids is 2. The van der Waals surface area contributed by atoms with Crippen LogP contribution in [0.3, 0.4) is 0 Å². The van der Waals surface area contributed by atoms with E-state index in [2.05, 4.69) is 0 Å². The maximum absolute atomic E-state index is 11.6. The average molecular weight is 277 g/mol. The number of esters is 1. The minimum Gasteiger partial charge on any atom is -0.550 e. The second-order valence-corrected chi connectivity index (χ2v) is 5.30. The molecule has 0 aromatic rings. The summed E-state index contributed by atoms with van der Waals surface area (Å²) in [4.78, 5) is 32.6. The topological polar surface area (TPSA) is 124 Å². The Hall–Kier alpha value is -1.67. The fourth-order valence-corrected chi connectivity index (χ4v) is 1.24. The molecular formula is C11H19NO7. The highest BCUT2D eigenvalue weighted by atomic mass is 16.6. The van der Waals surface area contributed by atoms with Gasteiger partial charge in [-0.2, -0.15) is 0 Å². The standard InChI is InChI=1S/C11H19NO7/c1-12(2,3)4-5-19-10(17)11(18,6-8(13)14)7-9(15)16/h18H,4-7H2,1-3H3,(H-,13,14,15,16). The van der Waals surface area contributed by atoms with Gasteiger partial charge in [-0.15, -0.1) is 0 Å². The molecular weight excluding hydrogens is 258 g/mol. The fourth-order valence-electron chi connectivity index (χ4n) is 1.24. The number of rotatable bonds is 8. The van der Waals surface area contributed by atoms with Crippen LogP contribution in [0.25, 0.3) is 0 Å². The van der Waals surface area contributed by atoms with Gasteiger partial charge in [0.15, 0.2) is 5.60 Å². The van der Waals surface area contributed by atoms with Crippen LogP contribution in [0.1, 0.15) is 12.8 Å². The van der Waals surface area contributed by atoms with Gasteiger partial charge < -0.3 is 29.3 Å². The molecule has 0 heterocycles. The molecule has 0 saturated heterocycles. The van der Waals surface area contributed by atoms with E-state index >= 15 is 0 Å². The molecule has 110 valence electrons. The Morgan fingerprint density at radius 3 is 2.11 bits per heavy atom. The summed E-state index contributed by atoms with van der Waals surface area (Å²) in [6.45, 7) is 0.373. The van der Waals surface area contributed by atoms with Crippen molar-refractivity contribution >= 4 is 17.9 Å². The van der Waals surface area contributed by atoms with E-state index < -0.39 is 36.4 Å². The third-order valence-corrected chi connectivity index (χ3v) is 2.26. The zero-order valence-corrected chi connectivity index (χ0v) is 11.2. The summed E-state index contributed by atoms with van der Waals surface area (Å²) in [5.41, 5.74) is -2.60. The highest BCUT2D eigenvalue weighted by Gasteiger charge is 2.40. The van der Waals surface area contributed by atoms with Crippen LogP contribution in [0.5, 0.6) is 0 Å². The van der Waals surface area contributed by atoms with Crippen LogP contribution in [-0.4, -0.2) is 72.5 Å². The van der Waals surface area contributed by atoms with E-state index in [9.17, 15) is 24.6 Å². The van der Waals surface area contributed by atoms with E-state index in [0.717, 1.165) is 0 Å². The van der Waals surface area contributed by atoms with Crippen LogP contribution < -0.4 is 5.11 Å². The molecule has 0 saturated carbocycles. The van der Waals surface area contributed by atoms with Gasteiger partial charge in [-0.25, -0.2) is 4.79 Å². The van der Waals surface area contributed by atoms with Gasteiger partial charge in [-0.3, -0.25) is 4.79 Å². The average Bonchev–Trinajstić information content (AvgIpc) is 2.12. The van der Waals surface area contributed by atoms with Crippen molar-refractivity contribution in [2.24, 2.45) is 0 Å². The van der Waals surface area contributed by atoms with Crippen LogP contribution >= 0.6 is 0 Å². The van der Waals surface area contributed by atoms with Gasteiger partial charge in [-0.1, -0.05) is 0 Å². The van der Waals surface area contributed by atoms with Gasteiger partial charge in [0.2, 0.25) is 0 Å². The molecule has 0 fully saturated rings. The maximum atomic E-state index is 11.6. The van der Waals surface area contributed by atoms with E-state index in [0.29, 0.717) is 11.0 Å². The molecule has 0 aliphatic rings. The summed E-state index contributed by atoms with van der Waals surface area (Å²) < 4.78 is 5.22. The Kier molecular flexibility index (Phi) is 5.91. The van der Waals surface area contributed by atoms with Crippen molar-refractivity contribution < 1.29 is 38.9 Å². The molecule has 19 heavy (non-hydrogen) atoms. The predicted octanol–water partition coefficient (Wildman–Crippen LogP) is -2.42. The van der Waals surface area contributed by atoms with Crippen LogP contribution in [0.15, 0.2) is 0 Å². The van der Waals surface area contributed by atoms with E-state index in [-0.39, 0.29) is 6.61 Å². The minimum absolute atomic E-state index is 0.0582. The maximum Gasteiger partial charge on any atom is 0.339 e. The van der Waals surface area contributed by atoms with Crippen molar-refractivity contribution in [1.29, 1.82) is 0 Å². The molecule has 2 N–H and O–H groups in total. The van der Waals surface area contributed by atoms with E-state index in [1.54, 1.807) is 0 Å². The molecule has 1 unspecified atom stereocenters. The molecule has 0 bridgehead atoms. The molecule has 0 aliphatic carbocycles. The van der Waals surface area contributed by atoms with Crippen molar-refractivity contribution in [1.82, 2.24) is 0 Å². The molecule has 0 aromatic heterocycles. The van der Waals surface area contributed by atoms with Crippen molar-refractivity contribution in [2.75, 3.05) is 34.3 Å². The first-order valence-corrected chi connectivity index (χ1v) is 5.58. The van der Waals surface area contributed by atoms with E-state index in [1.807, 2.05) is 21.1 Å². The summed E-state index contributed by atoms with van der Waals surface area (Å²) in [7, 11) is 5.54. The molecule has 0 amide bonds. The number of quaternary nitrogens is 1. The Balaban J connectivity index is 4.63. The van der Waals surface area contributed by atoms with Crippen LogP contribution in [-0.2, 0) is 19.1 Å². The van der Waals surface area contributed by atoms with E-state index in [4.69, 9.17) is 9.84 Å². The number of carboxylic acids is 2. The van der Waals surface area contributed by atoms with Gasteiger partial charge in [0.25, 0.3) is 0 Å². The molecule has 0 aromatic carbocycles. The monoisotopic (exact) mass is 277 g/mol. The van der Waals surface area contributed by atoms with Gasteiger partial charge in [0.05, 0.1) is 27.6 Å². The van der Waals surface area contributed by atoms with Crippen molar-refractivity contribution in [2.45, 2.75) is 18.4 Å². The third-order valence-electron chi connectivity index (χ3n) is 2.26. The molecule has 0 spiro atoms. The lowest BCUT2D eigenvalue weighted by Crippen LogP contribution is -2.48. The first-order chi connectivity index (χ1) is 8.46. The zero-order valence-electron chi connectivity index (χ0n) is 11.2. The summed E-state index contributed by atoms with van der Waals surface area (Å²) in [5, 5.41) is 28.8. The number of ether oxygens (including phenoxy) is 1. The van der Waals surface area contributed by atoms with Crippen molar-refractivity contribution in [3.63, 3.8) is 0 Å². The number of nitrogens with zero attached hydrogens (tertiary/aromatic N) is 1. The Morgan fingerprint density at radius 1 is 1.21 bits per heavy atom. The summed E-state index contributed by atoms with van der Waals surface area (Å²) in [6, 6.07) is 0. The largest absolute Gasteiger partial charge is 0.550 e. The number of carbonyl (C=O) groups is 3. The number of likely N-dealkylation sites (N-methyl/N-ethyl adjacent to an activating group) is 1. The van der Waals surface area contributed by atoms with Gasteiger partial charge in [0.1, 0.15) is 13.2 Å². The van der Waals surface area contributed by atoms with Gasteiger partial charge in [0, 0.05) is 12.4 Å². The second kappa shape index (κ2) is 6.48. The smallest absolute Gasteiger partial charge is 0.339 e. The van der Waals surface area contributed by atoms with Gasteiger partial charge >= 0.3 is 11.9 Å². The Morgan fingerprint density at radius 2 is 1.74 bits per heavy atom. The predicted molar refractivity (Wildman–Crippen MR) is 60.7 cm³/mol. The number of carboxylic acid groups (broad SMARTS) is 2. The minimum atomic E-state index is -2.60. The normalized spacial score (nSPS) is 14.5. The number of hydrogen-bond acceptors (Lipinski definition) is 6. The van der Waals surface area contributed by atoms with Gasteiger partial charge in [-0.05, 0) is 0 Å². The zero-order chi connectivity index (χ0) is 15.3. The molecule has 0 rings (SSSR count). The SMILES string of the molecule is C[N+](C)(C)CCOC(=O)C(O)(CC(=O)[O-])CC(=O)O. The van der Waals surface area contributed by atoms with Crippen molar-refractivity contribution in [3.05, 3.63) is 0 Å². The van der Waals surface area contributed by atoms with Crippen LogP contribution in [0.4, 0.5) is 0 Å². The molecule has 0 radical (unpaired) electrons. The summed E-state index contributed by atoms with van der Waals surface area (Å²) in [5.74, 6) is -4.51. The Labute approximate surface area is 110 Å². The molecule has 8 nitrogen and oxygen atoms in total. The lowest BCUT2D eigenvalue weighted by molar-refractivity contribution is -0.870. The second-order valence-electron chi connectivity index (χ2n) is 5.30. The number of aliphatic hydroxyl groups is 1. The lowest BCUT2D eigenvalue weighted by atomic mass is 9.96. The lowest BCUT2D eigenvalue weighted by Gasteiger charge is -2.27. The van der Waals surface area contributed by atoms with E-state index in [1.165, 1.54) is 0 Å². The highest BCUT2D eigenvalue weighted by Crippen LogP contribution is 2.17. The molecule has 0 aliphatic heterocycles. The quantitative estimate of drug-likeness (QED) is 0.374. The Bertz CT molecular complexity index is 343. The first-order valence-electron chi connectivity index (χ1n) is 5.58. The number of aliphatic carboxylic acids is 2. The molecule has 1 atom stereocenters. The number of hydrogen-bond donors (Lipinski definition) is 2. The van der Waals surface area contributed by atoms with Crippen LogP contribution in [0.2, 0.25) is 0 Å². The van der Waals surface area contributed by atoms with Crippen molar-refractivity contribution in [3.8, 4) is 0 Å². The molecule has 8 heteroatoms.